The summed E-state index contributed by atoms with van der Waals surface area (Å²) in [4.78, 5) is 11.4. The summed E-state index contributed by atoms with van der Waals surface area (Å²) in [7, 11) is 0. The van der Waals surface area contributed by atoms with Gasteiger partial charge in [0.2, 0.25) is 0 Å². The SMILES string of the molecule is O=C(C=Cc1ccccc1Cl)C1CC1. The van der Waals surface area contributed by atoms with Crippen LogP contribution < -0.4 is 0 Å². The highest BCUT2D eigenvalue weighted by Crippen LogP contribution is 2.30. The van der Waals surface area contributed by atoms with Crippen molar-refractivity contribution in [3.05, 3.63) is 40.9 Å². The van der Waals surface area contributed by atoms with E-state index < -0.39 is 0 Å². The average Bonchev–Trinajstić information content (AvgIpc) is 2.99. The molecule has 0 unspecified atom stereocenters. The molecular weight excluding hydrogens is 196 g/mol. The summed E-state index contributed by atoms with van der Waals surface area (Å²) in [5, 5.41) is 0.687. The lowest BCUT2D eigenvalue weighted by atomic mass is 10.1. The van der Waals surface area contributed by atoms with Crippen molar-refractivity contribution >= 4 is 23.5 Å². The van der Waals surface area contributed by atoms with Crippen molar-refractivity contribution in [3.63, 3.8) is 0 Å². The van der Waals surface area contributed by atoms with Crippen molar-refractivity contribution in [2.75, 3.05) is 0 Å². The standard InChI is InChI=1S/C12H11ClO/c13-11-4-2-1-3-9(11)7-8-12(14)10-5-6-10/h1-4,7-8,10H,5-6H2. The maximum Gasteiger partial charge on any atom is 0.158 e. The van der Waals surface area contributed by atoms with Gasteiger partial charge >= 0.3 is 0 Å². The zero-order valence-corrected chi connectivity index (χ0v) is 8.50. The molecule has 0 aromatic heterocycles. The molecule has 1 aliphatic carbocycles. The second-order valence-electron chi connectivity index (χ2n) is 3.53. The van der Waals surface area contributed by atoms with E-state index in [0.717, 1.165) is 18.4 Å². The molecule has 0 amide bonds. The Balaban J connectivity index is 2.09. The van der Waals surface area contributed by atoms with Gasteiger partial charge in [-0.15, -0.1) is 0 Å². The first-order valence-electron chi connectivity index (χ1n) is 4.74. The third kappa shape index (κ3) is 2.24. The van der Waals surface area contributed by atoms with E-state index in [9.17, 15) is 4.79 Å². The van der Waals surface area contributed by atoms with E-state index >= 15 is 0 Å². The Morgan fingerprint density at radius 1 is 1.36 bits per heavy atom. The lowest BCUT2D eigenvalue weighted by Gasteiger charge is -1.95. The highest BCUT2D eigenvalue weighted by molar-refractivity contribution is 6.32. The number of carbonyl (C=O) groups excluding carboxylic acids is 1. The van der Waals surface area contributed by atoms with Gasteiger partial charge in [-0.05, 0) is 36.6 Å². The van der Waals surface area contributed by atoms with Crippen molar-refractivity contribution in [3.8, 4) is 0 Å². The predicted octanol–water partition coefficient (Wildman–Crippen LogP) is 3.33. The summed E-state index contributed by atoms with van der Waals surface area (Å²) in [5.74, 6) is 0.513. The molecule has 0 spiro atoms. The molecular formula is C12H11ClO. The highest BCUT2D eigenvalue weighted by atomic mass is 35.5. The Hall–Kier alpha value is -1.08. The predicted molar refractivity (Wildman–Crippen MR) is 58.2 cm³/mol. The summed E-state index contributed by atoms with van der Waals surface area (Å²) >= 11 is 5.94. The highest BCUT2D eigenvalue weighted by Gasteiger charge is 2.27. The molecule has 2 heteroatoms. The van der Waals surface area contributed by atoms with Crippen LogP contribution in [0.5, 0.6) is 0 Å². The fourth-order valence-corrected chi connectivity index (χ4v) is 1.48. The van der Waals surface area contributed by atoms with Crippen molar-refractivity contribution in [1.82, 2.24) is 0 Å². The van der Waals surface area contributed by atoms with Crippen LogP contribution in [0.25, 0.3) is 6.08 Å². The molecule has 1 aromatic carbocycles. The summed E-state index contributed by atoms with van der Waals surface area (Å²) in [5.41, 5.74) is 0.906. The van der Waals surface area contributed by atoms with E-state index in [1.807, 2.05) is 24.3 Å². The molecule has 1 saturated carbocycles. The molecule has 14 heavy (non-hydrogen) atoms. The molecule has 0 radical (unpaired) electrons. The molecule has 2 rings (SSSR count). The van der Waals surface area contributed by atoms with E-state index in [1.54, 1.807) is 12.2 Å². The number of hydrogen-bond acceptors (Lipinski definition) is 1. The van der Waals surface area contributed by atoms with Gasteiger partial charge in [0, 0.05) is 10.9 Å². The molecule has 0 heterocycles. The minimum absolute atomic E-state index is 0.227. The van der Waals surface area contributed by atoms with Crippen LogP contribution in [0.4, 0.5) is 0 Å². The van der Waals surface area contributed by atoms with Gasteiger partial charge in [0.25, 0.3) is 0 Å². The number of ketones is 1. The van der Waals surface area contributed by atoms with Gasteiger partial charge in [-0.3, -0.25) is 4.79 Å². The first-order valence-corrected chi connectivity index (χ1v) is 5.11. The van der Waals surface area contributed by atoms with Crippen LogP contribution in [-0.4, -0.2) is 5.78 Å². The Kier molecular flexibility index (Phi) is 2.69. The normalized spacial score (nSPS) is 16.1. The Labute approximate surface area is 88.4 Å². The maximum absolute atomic E-state index is 11.4. The lowest BCUT2D eigenvalue weighted by Crippen LogP contribution is -1.93. The van der Waals surface area contributed by atoms with Crippen LogP contribution in [0, 0.1) is 5.92 Å². The topological polar surface area (TPSA) is 17.1 Å². The van der Waals surface area contributed by atoms with Crippen LogP contribution in [0.15, 0.2) is 30.3 Å². The largest absolute Gasteiger partial charge is 0.295 e. The molecule has 1 aliphatic rings. The second-order valence-corrected chi connectivity index (χ2v) is 3.94. The van der Waals surface area contributed by atoms with E-state index in [0.29, 0.717) is 5.02 Å². The van der Waals surface area contributed by atoms with Gasteiger partial charge in [-0.2, -0.15) is 0 Å². The smallest absolute Gasteiger partial charge is 0.158 e. The van der Waals surface area contributed by atoms with Gasteiger partial charge in [-0.1, -0.05) is 29.8 Å². The van der Waals surface area contributed by atoms with Gasteiger partial charge < -0.3 is 0 Å². The third-order valence-corrected chi connectivity index (χ3v) is 2.66. The first kappa shape index (κ1) is 9.47. The summed E-state index contributed by atoms with van der Waals surface area (Å²) in [6.45, 7) is 0. The van der Waals surface area contributed by atoms with Crippen LogP contribution in [-0.2, 0) is 4.79 Å². The van der Waals surface area contributed by atoms with Gasteiger partial charge in [-0.25, -0.2) is 0 Å². The molecule has 1 aromatic rings. The fourth-order valence-electron chi connectivity index (χ4n) is 1.29. The summed E-state index contributed by atoms with van der Waals surface area (Å²) in [6, 6.07) is 7.51. The van der Waals surface area contributed by atoms with Crippen LogP contribution in [0.3, 0.4) is 0 Å². The third-order valence-electron chi connectivity index (χ3n) is 2.31. The number of allylic oxidation sites excluding steroid dienone is 1. The van der Waals surface area contributed by atoms with E-state index in [2.05, 4.69) is 0 Å². The lowest BCUT2D eigenvalue weighted by molar-refractivity contribution is -0.115. The molecule has 0 atom stereocenters. The van der Waals surface area contributed by atoms with Gasteiger partial charge in [0.05, 0.1) is 0 Å². The first-order chi connectivity index (χ1) is 6.77. The van der Waals surface area contributed by atoms with E-state index in [-0.39, 0.29) is 11.7 Å². The molecule has 1 nitrogen and oxygen atoms in total. The average molecular weight is 207 g/mol. The maximum atomic E-state index is 11.4. The molecule has 0 N–H and O–H groups in total. The van der Waals surface area contributed by atoms with Crippen molar-refractivity contribution in [1.29, 1.82) is 0 Å². The van der Waals surface area contributed by atoms with Crippen LogP contribution in [0.2, 0.25) is 5.02 Å². The zero-order chi connectivity index (χ0) is 9.97. The van der Waals surface area contributed by atoms with Crippen molar-refractivity contribution < 1.29 is 4.79 Å². The molecule has 72 valence electrons. The van der Waals surface area contributed by atoms with Crippen molar-refractivity contribution in [2.45, 2.75) is 12.8 Å². The zero-order valence-electron chi connectivity index (χ0n) is 7.74. The molecule has 0 aliphatic heterocycles. The van der Waals surface area contributed by atoms with Crippen LogP contribution >= 0.6 is 11.6 Å². The van der Waals surface area contributed by atoms with E-state index in [4.69, 9.17) is 11.6 Å². The molecule has 1 fully saturated rings. The van der Waals surface area contributed by atoms with Gasteiger partial charge in [0.1, 0.15) is 0 Å². The monoisotopic (exact) mass is 206 g/mol. The minimum Gasteiger partial charge on any atom is -0.295 e. The minimum atomic E-state index is 0.227. The number of hydrogen-bond donors (Lipinski definition) is 0. The number of benzene rings is 1. The van der Waals surface area contributed by atoms with Gasteiger partial charge in [0.15, 0.2) is 5.78 Å². The summed E-state index contributed by atoms with van der Waals surface area (Å²) in [6.07, 6.45) is 5.53. The number of rotatable bonds is 3. The van der Waals surface area contributed by atoms with Crippen LogP contribution in [0.1, 0.15) is 18.4 Å². The Morgan fingerprint density at radius 3 is 2.71 bits per heavy atom. The number of halogens is 1. The number of carbonyl (C=O) groups is 1. The fraction of sp³-hybridized carbons (Fsp3) is 0.250. The Bertz CT molecular complexity index is 378. The summed E-state index contributed by atoms with van der Waals surface area (Å²) < 4.78 is 0. The van der Waals surface area contributed by atoms with Crippen molar-refractivity contribution in [2.24, 2.45) is 5.92 Å². The molecule has 0 saturated heterocycles. The Morgan fingerprint density at radius 2 is 2.07 bits per heavy atom. The molecule has 0 bridgehead atoms. The quantitative estimate of drug-likeness (QED) is 0.694. The van der Waals surface area contributed by atoms with E-state index in [1.165, 1.54) is 0 Å². The second kappa shape index (κ2) is 3.97.